The summed E-state index contributed by atoms with van der Waals surface area (Å²) in [5.74, 6) is 0.677. The van der Waals surface area contributed by atoms with Crippen molar-refractivity contribution in [3.05, 3.63) is 0 Å². The normalized spacial score (nSPS) is 29.0. The van der Waals surface area contributed by atoms with Crippen LogP contribution in [-0.4, -0.2) is 272 Å². The topological polar surface area (TPSA) is 324 Å². The number of carbonyl (C=O) groups excluding carboxylic acids is 6. The standard InChI is InChI=1S/C17H42O9Si5.C10H26O5Si4.C10H26O3Si3.2C9H24O5Si4.C9H24O3Si3/c1-9-16(19-14-13-15-31(20-10-2,21-11-3)22-12-4)17(18)30(8)25-28(6)23-27(5)24-29(7)26-30;1-8-9(2)10(11)19(7)14-16(3)12-18(5,6)13-17(4)15-19;1-9(10(2)11)8-16(7,12-14(3)4)13-15(5)6;1-9(10)7-8-18(6)13-15(2)11-17(4,5)12-16(3)14-18;1-7-8(2)9(10)18(6)13-16(4)11-15(3)12-17(5)14-18;1-9(10)7-8-15(6,11-13(2)3)12-14(4)5/h16,27-29H,9-15H2,1-8H3;9,16-17H,8H2,1-7H3;9,14-15H,8H2,1-7H3;15-16H,7-8H2,1-6H3;8,15-17H,7H2,1-6H3;13-14H,7-8H2,1-6H3. The highest BCUT2D eigenvalue weighted by atomic mass is 28.5. The van der Waals surface area contributed by atoms with Crippen molar-refractivity contribution in [3.63, 3.8) is 0 Å². The summed E-state index contributed by atoms with van der Waals surface area (Å²) < 4.78 is 144. The average Bonchev–Trinajstić information content (AvgIpc) is 0.816. The third kappa shape index (κ3) is 51.9. The van der Waals surface area contributed by atoms with Gasteiger partial charge >= 0.3 is 152 Å². The van der Waals surface area contributed by atoms with Gasteiger partial charge in [0.2, 0.25) is 0 Å². The van der Waals surface area contributed by atoms with E-state index in [1.807, 2.05) is 174 Å². The van der Waals surface area contributed by atoms with E-state index in [2.05, 4.69) is 65.5 Å². The van der Waals surface area contributed by atoms with Crippen LogP contribution in [0.15, 0.2) is 0 Å². The van der Waals surface area contributed by atoms with Gasteiger partial charge < -0.3 is 110 Å². The van der Waals surface area contributed by atoms with Gasteiger partial charge in [-0.2, -0.15) is 0 Å². The van der Waals surface area contributed by atoms with Crippen LogP contribution >= 0.6 is 0 Å². The Labute approximate surface area is 742 Å². The van der Waals surface area contributed by atoms with Crippen LogP contribution in [0.25, 0.3) is 0 Å². The Morgan fingerprint density at radius 1 is 0.376 bits per heavy atom. The monoisotopic (exact) mass is 2060 g/mol. The lowest BCUT2D eigenvalue weighted by atomic mass is 10.1. The minimum absolute atomic E-state index is 0.0156. The summed E-state index contributed by atoms with van der Waals surface area (Å²) in [5, 5.41) is 0.175. The van der Waals surface area contributed by atoms with Gasteiger partial charge in [0.05, 0.1) is 0 Å². The van der Waals surface area contributed by atoms with Crippen molar-refractivity contribution in [2.45, 2.75) is 335 Å². The van der Waals surface area contributed by atoms with Crippen LogP contribution in [0, 0.1) is 17.8 Å². The van der Waals surface area contributed by atoms with Crippen molar-refractivity contribution in [2.24, 2.45) is 17.8 Å². The van der Waals surface area contributed by atoms with E-state index in [0.717, 1.165) is 24.9 Å². The highest BCUT2D eigenvalue weighted by molar-refractivity contribution is 7.04. The van der Waals surface area contributed by atoms with E-state index in [-0.39, 0.29) is 51.3 Å². The zero-order chi connectivity index (χ0) is 91.2. The Bertz CT molecular complexity index is 2750. The molecular weight excluding hydrogens is 1890 g/mol. The molecule has 0 aromatic carbocycles. The molecule has 4 saturated heterocycles. The molecular formula is C64H166O30Si23. The van der Waals surface area contributed by atoms with Gasteiger partial charge in [-0.25, -0.2) is 0 Å². The van der Waals surface area contributed by atoms with Crippen LogP contribution in [0.3, 0.4) is 0 Å². The Morgan fingerprint density at radius 3 is 0.957 bits per heavy atom. The van der Waals surface area contributed by atoms with Crippen LogP contribution in [0.2, 0.25) is 207 Å². The zero-order valence-corrected chi connectivity index (χ0v) is 105. The number of ether oxygens (including phenoxy) is 1. The maximum absolute atomic E-state index is 13.4. The third-order valence-corrected chi connectivity index (χ3v) is 96.2. The van der Waals surface area contributed by atoms with Crippen molar-refractivity contribution < 1.29 is 129 Å². The number of hydrogen-bond donors (Lipinski definition) is 0. The minimum atomic E-state index is -3.13. The number of ketones is 3. The number of rotatable bonds is 37. The summed E-state index contributed by atoms with van der Waals surface area (Å²) in [7, 11) is -44.7. The fourth-order valence-electron chi connectivity index (χ4n) is 13.4. The first-order chi connectivity index (χ1) is 53.5. The molecule has 53 heteroatoms. The smallest absolute Gasteiger partial charge is 0.439 e. The molecule has 0 bridgehead atoms. The van der Waals surface area contributed by atoms with Gasteiger partial charge in [0.1, 0.15) is 23.5 Å². The highest BCUT2D eigenvalue weighted by Gasteiger charge is 2.53. The SMILES string of the molecule is CC(=O)C(C)C[Si](C)(O[SiH](C)C)O[SiH](C)C.CC(=O)CC[Si](C)(O[SiH](C)C)O[SiH](C)C.CC(=O)CC[Si]1(C)O[SiH](C)O[Si](C)(C)O[SiH](C)O1.CCC(C)C(=O)[Si]1(C)O[SiH](C)O[SiH](C)O[SiH](C)O1.CCC(C)C(=O)[Si]1(C)O[SiH](C)O[Si](C)(C)O[SiH](C)O1.CCO[Si](CCCOC(CC)C(=O)[Si]1(C)O[SiH](C)O[SiH](C)O[SiH](C)O1)(OCC)OCC. The molecule has 0 aliphatic carbocycles. The summed E-state index contributed by atoms with van der Waals surface area (Å²) in [6.07, 6.45) is 3.40. The molecule has 4 rings (SSSR count). The number of Topliss-reactive ketones (excluding diaryl/α,β-unsaturated/α-hetero) is 3. The van der Waals surface area contributed by atoms with E-state index in [4.69, 9.17) is 100 Å². The Balaban J connectivity index is 0. The third-order valence-electron chi connectivity index (χ3n) is 17.8. The van der Waals surface area contributed by atoms with Crippen LogP contribution < -0.4 is 0 Å². The lowest BCUT2D eigenvalue weighted by Gasteiger charge is -2.40. The molecule has 117 heavy (non-hydrogen) atoms. The van der Waals surface area contributed by atoms with E-state index >= 15 is 0 Å². The van der Waals surface area contributed by atoms with Crippen molar-refractivity contribution >= 4 is 240 Å². The van der Waals surface area contributed by atoms with Gasteiger partial charge in [0.15, 0.2) is 52.4 Å². The molecule has 0 amide bonds. The second-order valence-corrected chi connectivity index (χ2v) is 95.9. The van der Waals surface area contributed by atoms with Crippen LogP contribution in [0.4, 0.5) is 0 Å². The van der Waals surface area contributed by atoms with Gasteiger partial charge in [0.25, 0.3) is 18.6 Å². The molecule has 0 aromatic rings. The Kier molecular flexibility index (Phi) is 60.7. The molecule has 0 spiro atoms. The first kappa shape index (κ1) is 121. The summed E-state index contributed by atoms with van der Waals surface area (Å²) in [6, 6.07) is 2.97. The Morgan fingerprint density at radius 2 is 0.675 bits per heavy atom. The maximum Gasteiger partial charge on any atom is 0.501 e. The lowest BCUT2D eigenvalue weighted by Crippen LogP contribution is -2.61. The van der Waals surface area contributed by atoms with Crippen molar-refractivity contribution in [1.82, 2.24) is 0 Å². The van der Waals surface area contributed by atoms with Crippen LogP contribution in [-0.2, 0) is 129 Å². The molecule has 4 aliphatic rings. The maximum atomic E-state index is 13.4. The second-order valence-electron chi connectivity index (χ2n) is 33.0. The Hall–Kier alpha value is 2.05. The number of carbonyl (C=O) groups is 6. The van der Waals surface area contributed by atoms with Crippen molar-refractivity contribution in [1.29, 1.82) is 0 Å². The molecule has 0 N–H and O–H groups in total. The van der Waals surface area contributed by atoms with Crippen LogP contribution in [0.5, 0.6) is 0 Å². The van der Waals surface area contributed by atoms with E-state index in [0.29, 0.717) is 64.2 Å². The predicted octanol–water partition coefficient (Wildman–Crippen LogP) is 10.4. The zero-order valence-electron chi connectivity index (χ0n) is 80.0. The fraction of sp³-hybridized carbons (Fsp3) is 0.906. The largest absolute Gasteiger partial charge is 0.501 e. The van der Waals surface area contributed by atoms with Gasteiger partial charge in [-0.15, -0.1) is 0 Å². The molecule has 30 nitrogen and oxygen atoms in total. The van der Waals surface area contributed by atoms with E-state index < -0.39 is 212 Å². The molecule has 0 aromatic heterocycles. The molecule has 4 fully saturated rings. The van der Waals surface area contributed by atoms with E-state index in [1.54, 1.807) is 27.3 Å². The molecule has 12 unspecified atom stereocenters. The molecule has 0 radical (unpaired) electrons. The molecule has 12 atom stereocenters. The van der Waals surface area contributed by atoms with Gasteiger partial charge in [-0.05, 0) is 269 Å². The van der Waals surface area contributed by atoms with Gasteiger partial charge in [0, 0.05) is 63.1 Å². The molecule has 694 valence electrons. The summed E-state index contributed by atoms with van der Waals surface area (Å²) in [5.41, 5.74) is 0. The fourth-order valence-corrected chi connectivity index (χ4v) is 98.6. The van der Waals surface area contributed by atoms with Crippen molar-refractivity contribution in [2.75, 3.05) is 26.4 Å². The molecule has 4 aliphatic heterocycles. The predicted molar refractivity (Wildman–Crippen MR) is 521 cm³/mol. The average molecular weight is 2060 g/mol. The quantitative estimate of drug-likeness (QED) is 0.0412. The lowest BCUT2D eigenvalue weighted by molar-refractivity contribution is -0.126. The van der Waals surface area contributed by atoms with Crippen LogP contribution in [0.1, 0.15) is 122 Å². The van der Waals surface area contributed by atoms with Gasteiger partial charge in [-0.3, -0.25) is 19.2 Å². The van der Waals surface area contributed by atoms with Crippen molar-refractivity contribution in [3.8, 4) is 0 Å². The summed E-state index contributed by atoms with van der Waals surface area (Å²) >= 11 is 0. The highest BCUT2D eigenvalue weighted by Crippen LogP contribution is 2.30. The van der Waals surface area contributed by atoms with E-state index in [1.165, 1.54) is 0 Å². The first-order valence-corrected chi connectivity index (χ1v) is 96.9. The molecule has 4 heterocycles. The van der Waals surface area contributed by atoms with E-state index in [9.17, 15) is 28.8 Å². The second kappa shape index (κ2) is 58.7. The number of hydrogen-bond acceptors (Lipinski definition) is 30. The first-order valence-electron chi connectivity index (χ1n) is 42.7. The minimum Gasteiger partial charge on any atom is -0.439 e. The summed E-state index contributed by atoms with van der Waals surface area (Å²) in [6.45, 7) is 81.3. The van der Waals surface area contributed by atoms with Gasteiger partial charge in [-0.1, -0.05) is 41.5 Å². The summed E-state index contributed by atoms with van der Waals surface area (Å²) in [4.78, 5) is 71.8. The molecule has 0 saturated carbocycles.